The van der Waals surface area contributed by atoms with Gasteiger partial charge >= 0.3 is 0 Å². The lowest BCUT2D eigenvalue weighted by Gasteiger charge is -2.09. The molecule has 0 unspecified atom stereocenters. The Kier molecular flexibility index (Phi) is 1.48. The molecule has 0 aromatic rings. The van der Waals surface area contributed by atoms with Gasteiger partial charge < -0.3 is 5.32 Å². The second-order valence-electron chi connectivity index (χ2n) is 2.36. The summed E-state index contributed by atoms with van der Waals surface area (Å²) in [6.45, 7) is 0. The van der Waals surface area contributed by atoms with Gasteiger partial charge in [0.25, 0.3) is 0 Å². The Bertz CT molecular complexity index is 301. The first-order valence-corrected chi connectivity index (χ1v) is 3.57. The second kappa shape index (κ2) is 2.62. The summed E-state index contributed by atoms with van der Waals surface area (Å²) in [5.74, 6) is 0. The number of hydrogen-bond acceptors (Lipinski definition) is 1. The summed E-state index contributed by atoms with van der Waals surface area (Å²) in [6, 6.07) is 0. The molecule has 0 bridgehead atoms. The number of dihydropyridines is 1. The summed E-state index contributed by atoms with van der Waals surface area (Å²) in [5, 5.41) is 3.14. The zero-order valence-corrected chi connectivity index (χ0v) is 6.04. The Hall–Kier alpha value is -1.50. The highest BCUT2D eigenvalue weighted by atomic mass is 14.9. The molecule has 1 radical (unpaired) electrons. The summed E-state index contributed by atoms with van der Waals surface area (Å²) >= 11 is 0. The Balaban J connectivity index is 2.44. The van der Waals surface area contributed by atoms with Crippen LogP contribution in [-0.2, 0) is 0 Å². The van der Waals surface area contributed by atoms with Crippen LogP contribution in [0.25, 0.3) is 0 Å². The monoisotopic (exact) mass is 142 g/mol. The van der Waals surface area contributed by atoms with Gasteiger partial charge in [0.2, 0.25) is 0 Å². The van der Waals surface area contributed by atoms with Crippen LogP contribution in [0.4, 0.5) is 0 Å². The maximum Gasteiger partial charge on any atom is 0.0459 e. The first-order valence-electron chi connectivity index (χ1n) is 3.57. The number of hydrogen-bond donors (Lipinski definition) is 1. The number of rotatable bonds is 0. The third kappa shape index (κ3) is 1.17. The van der Waals surface area contributed by atoms with Gasteiger partial charge in [-0.2, -0.15) is 0 Å². The lowest BCUT2D eigenvalue weighted by Crippen LogP contribution is -2.08. The van der Waals surface area contributed by atoms with E-state index in [2.05, 4.69) is 11.4 Å². The summed E-state index contributed by atoms with van der Waals surface area (Å²) in [7, 11) is 0. The highest BCUT2D eigenvalue weighted by molar-refractivity contribution is 5.46. The maximum atomic E-state index is 3.14. The van der Waals surface area contributed by atoms with E-state index in [9.17, 15) is 0 Å². The molecule has 1 heteroatoms. The van der Waals surface area contributed by atoms with Crippen molar-refractivity contribution in [1.82, 2.24) is 5.32 Å². The zero-order valence-electron chi connectivity index (χ0n) is 6.04. The topological polar surface area (TPSA) is 12.0 Å². The van der Waals surface area contributed by atoms with E-state index < -0.39 is 0 Å². The molecule has 0 saturated carbocycles. The van der Waals surface area contributed by atoms with Gasteiger partial charge in [-0.05, 0) is 18.2 Å². The van der Waals surface area contributed by atoms with Crippen molar-refractivity contribution in [3.8, 4) is 0 Å². The largest absolute Gasteiger partial charge is 0.361 e. The van der Waals surface area contributed by atoms with E-state index in [0.29, 0.717) is 0 Å². The highest BCUT2D eigenvalue weighted by Crippen LogP contribution is 2.14. The Labute approximate surface area is 66.1 Å². The summed E-state index contributed by atoms with van der Waals surface area (Å²) in [5.41, 5.74) is 2.22. The number of fused-ring (bicyclic) bond motifs is 1. The van der Waals surface area contributed by atoms with Gasteiger partial charge in [0.05, 0.1) is 0 Å². The Morgan fingerprint density at radius 2 is 2.18 bits per heavy atom. The van der Waals surface area contributed by atoms with Crippen LogP contribution in [0, 0.1) is 6.08 Å². The summed E-state index contributed by atoms with van der Waals surface area (Å²) in [6.07, 6.45) is 17.0. The molecule has 1 aliphatic heterocycles. The highest BCUT2D eigenvalue weighted by Gasteiger charge is 2.02. The minimum absolute atomic E-state index is 1.11. The lowest BCUT2D eigenvalue weighted by molar-refractivity contribution is 1.06. The Morgan fingerprint density at radius 3 is 3.18 bits per heavy atom. The quantitative estimate of drug-likeness (QED) is 0.544. The molecule has 0 fully saturated rings. The fraction of sp³-hybridized carbons (Fsp3) is 0. The van der Waals surface area contributed by atoms with Crippen LogP contribution in [-0.4, -0.2) is 0 Å². The maximum absolute atomic E-state index is 3.14. The molecule has 1 heterocycles. The van der Waals surface area contributed by atoms with Gasteiger partial charge in [-0.1, -0.05) is 24.3 Å². The van der Waals surface area contributed by atoms with Crippen LogP contribution in [0.1, 0.15) is 0 Å². The molecular weight excluding hydrogens is 134 g/mol. The molecule has 1 nitrogen and oxygen atoms in total. The third-order valence-electron chi connectivity index (χ3n) is 1.60. The predicted octanol–water partition coefficient (Wildman–Crippen LogP) is 1.84. The van der Waals surface area contributed by atoms with E-state index in [1.807, 2.05) is 42.7 Å². The molecular formula is C10H8N. The van der Waals surface area contributed by atoms with Crippen LogP contribution >= 0.6 is 0 Å². The summed E-state index contributed by atoms with van der Waals surface area (Å²) < 4.78 is 0. The standard InChI is InChI=1S/C10H8N/c1-2-5-9-6-4-8-11-10(9)7-3-1/h1-5,7-8,11H. The van der Waals surface area contributed by atoms with Gasteiger partial charge in [-0.25, -0.2) is 0 Å². The van der Waals surface area contributed by atoms with Crippen molar-refractivity contribution in [3.63, 3.8) is 0 Å². The molecule has 2 aliphatic rings. The van der Waals surface area contributed by atoms with E-state index in [1.165, 1.54) is 0 Å². The molecule has 0 saturated heterocycles. The minimum Gasteiger partial charge on any atom is -0.361 e. The predicted molar refractivity (Wildman–Crippen MR) is 45.4 cm³/mol. The molecule has 0 aromatic heterocycles. The fourth-order valence-corrected chi connectivity index (χ4v) is 1.06. The number of allylic oxidation sites excluding steroid dienone is 7. The molecule has 0 aromatic carbocycles. The Morgan fingerprint density at radius 1 is 1.18 bits per heavy atom. The van der Waals surface area contributed by atoms with Crippen LogP contribution in [0.15, 0.2) is 53.9 Å². The molecule has 1 N–H and O–H groups in total. The van der Waals surface area contributed by atoms with Crippen molar-refractivity contribution < 1.29 is 0 Å². The zero-order chi connectivity index (χ0) is 7.52. The van der Waals surface area contributed by atoms with E-state index in [1.54, 1.807) is 0 Å². The van der Waals surface area contributed by atoms with E-state index >= 15 is 0 Å². The van der Waals surface area contributed by atoms with Crippen molar-refractivity contribution >= 4 is 0 Å². The van der Waals surface area contributed by atoms with Crippen molar-refractivity contribution in [2.24, 2.45) is 0 Å². The molecule has 0 amide bonds. The summed E-state index contributed by atoms with van der Waals surface area (Å²) in [4.78, 5) is 0. The van der Waals surface area contributed by atoms with Gasteiger partial charge in [0, 0.05) is 17.5 Å². The van der Waals surface area contributed by atoms with E-state index in [4.69, 9.17) is 0 Å². The third-order valence-corrected chi connectivity index (χ3v) is 1.60. The molecule has 2 rings (SSSR count). The first-order chi connectivity index (χ1) is 5.47. The van der Waals surface area contributed by atoms with Crippen LogP contribution in [0.5, 0.6) is 0 Å². The van der Waals surface area contributed by atoms with Crippen molar-refractivity contribution in [1.29, 1.82) is 0 Å². The number of nitrogens with one attached hydrogen (secondary N) is 1. The van der Waals surface area contributed by atoms with Crippen LogP contribution in [0.3, 0.4) is 0 Å². The van der Waals surface area contributed by atoms with Crippen molar-refractivity contribution in [2.75, 3.05) is 0 Å². The van der Waals surface area contributed by atoms with Gasteiger partial charge in [-0.15, -0.1) is 0 Å². The van der Waals surface area contributed by atoms with E-state index in [0.717, 1.165) is 11.3 Å². The first kappa shape index (κ1) is 6.23. The SMILES string of the molecule is [C]1=C2C=CC=CC=C2NC=C1. The van der Waals surface area contributed by atoms with Crippen molar-refractivity contribution in [2.45, 2.75) is 0 Å². The lowest BCUT2D eigenvalue weighted by atomic mass is 10.1. The van der Waals surface area contributed by atoms with Gasteiger partial charge in [0.15, 0.2) is 0 Å². The normalized spacial score (nSPS) is 19.6. The molecule has 0 atom stereocenters. The molecule has 53 valence electrons. The van der Waals surface area contributed by atoms with E-state index in [-0.39, 0.29) is 0 Å². The average molecular weight is 142 g/mol. The van der Waals surface area contributed by atoms with Gasteiger partial charge in [-0.3, -0.25) is 0 Å². The fourth-order valence-electron chi connectivity index (χ4n) is 1.06. The molecule has 0 spiro atoms. The smallest absolute Gasteiger partial charge is 0.0459 e. The van der Waals surface area contributed by atoms with Crippen LogP contribution < -0.4 is 5.32 Å². The minimum atomic E-state index is 1.11. The second-order valence-corrected chi connectivity index (χ2v) is 2.36. The van der Waals surface area contributed by atoms with Crippen molar-refractivity contribution in [3.05, 3.63) is 60.0 Å². The molecule has 11 heavy (non-hydrogen) atoms. The van der Waals surface area contributed by atoms with Crippen LogP contribution in [0.2, 0.25) is 0 Å². The van der Waals surface area contributed by atoms with Gasteiger partial charge in [0.1, 0.15) is 0 Å². The molecule has 1 aliphatic carbocycles. The average Bonchev–Trinajstić information content (AvgIpc) is 2.28.